The smallest absolute Gasteiger partial charge is 0.221 e. The van der Waals surface area contributed by atoms with E-state index in [1.807, 2.05) is 49.4 Å². The fraction of sp³-hybridized carbons (Fsp3) is 0.211. The van der Waals surface area contributed by atoms with Gasteiger partial charge in [-0.25, -0.2) is 0 Å². The highest BCUT2D eigenvalue weighted by Crippen LogP contribution is 2.29. The Bertz CT molecular complexity index is 917. The number of methoxy groups -OCH3 is 1. The molecule has 0 bridgehead atoms. The van der Waals surface area contributed by atoms with Crippen molar-refractivity contribution in [1.29, 1.82) is 0 Å². The van der Waals surface area contributed by atoms with Crippen molar-refractivity contribution in [2.45, 2.75) is 20.0 Å². The summed E-state index contributed by atoms with van der Waals surface area (Å²) < 4.78 is 7.03. The van der Waals surface area contributed by atoms with Gasteiger partial charge in [0.05, 0.1) is 24.7 Å². The predicted octanol–water partition coefficient (Wildman–Crippen LogP) is 3.27. The van der Waals surface area contributed by atoms with Crippen molar-refractivity contribution in [3.8, 4) is 5.75 Å². The zero-order valence-corrected chi connectivity index (χ0v) is 14.8. The minimum atomic E-state index is -0.386. The largest absolute Gasteiger partial charge is 0.497 e. The molecule has 2 aromatic carbocycles. The summed E-state index contributed by atoms with van der Waals surface area (Å²) in [4.78, 5) is 17.5. The number of carbonyl (C=O) groups excluding carboxylic acids is 1. The number of nitrogens with zero attached hydrogens (tertiary/aromatic N) is 1. The Balaban J connectivity index is 2.00. The Morgan fingerprint density at radius 3 is 2.56 bits per heavy atom. The number of benzene rings is 2. The van der Waals surface area contributed by atoms with E-state index in [9.17, 15) is 4.79 Å². The van der Waals surface area contributed by atoms with Gasteiger partial charge in [-0.05, 0) is 48.4 Å². The second kappa shape index (κ2) is 7.07. The summed E-state index contributed by atoms with van der Waals surface area (Å²) in [5, 5.41) is 1.58. The molecular weight excluding hydrogens is 340 g/mol. The molecular formula is C19H19ClN2O3. The second-order valence-corrected chi connectivity index (χ2v) is 6.22. The van der Waals surface area contributed by atoms with Crippen LogP contribution < -0.4 is 15.3 Å². The average molecular weight is 359 g/mol. The van der Waals surface area contributed by atoms with Crippen LogP contribution in [-0.2, 0) is 17.8 Å². The molecule has 0 atom stereocenters. The van der Waals surface area contributed by atoms with Crippen molar-refractivity contribution < 1.29 is 14.4 Å². The molecule has 0 aliphatic rings. The molecule has 0 spiro atoms. The minimum Gasteiger partial charge on any atom is -0.497 e. The Labute approximate surface area is 150 Å². The first kappa shape index (κ1) is 17.2. The number of rotatable bonds is 6. The van der Waals surface area contributed by atoms with Crippen molar-refractivity contribution in [2.75, 3.05) is 7.11 Å². The first-order valence-electron chi connectivity index (χ1n) is 7.83. The van der Waals surface area contributed by atoms with Crippen LogP contribution in [-0.4, -0.2) is 17.7 Å². The molecule has 0 saturated heterocycles. The SMILES string of the molecule is COc1ccc2c(c1)c(CC(N)=O)c(C)n2OCc1ccc(Cl)cc1. The molecule has 25 heavy (non-hydrogen) atoms. The summed E-state index contributed by atoms with van der Waals surface area (Å²) in [7, 11) is 1.61. The highest BCUT2D eigenvalue weighted by molar-refractivity contribution is 6.30. The molecule has 0 aliphatic carbocycles. The van der Waals surface area contributed by atoms with E-state index in [1.54, 1.807) is 11.8 Å². The van der Waals surface area contributed by atoms with Crippen LogP contribution in [0.4, 0.5) is 0 Å². The number of carbonyl (C=O) groups is 1. The lowest BCUT2D eigenvalue weighted by molar-refractivity contribution is -0.117. The van der Waals surface area contributed by atoms with Gasteiger partial charge in [-0.3, -0.25) is 4.79 Å². The molecule has 3 rings (SSSR count). The Hall–Kier alpha value is -2.66. The fourth-order valence-electron chi connectivity index (χ4n) is 2.84. The fourth-order valence-corrected chi connectivity index (χ4v) is 2.97. The van der Waals surface area contributed by atoms with Gasteiger partial charge < -0.3 is 15.3 Å². The topological polar surface area (TPSA) is 66.5 Å². The van der Waals surface area contributed by atoms with Gasteiger partial charge in [0.25, 0.3) is 0 Å². The molecule has 0 aliphatic heterocycles. The van der Waals surface area contributed by atoms with Crippen LogP contribution >= 0.6 is 11.6 Å². The van der Waals surface area contributed by atoms with Crippen molar-refractivity contribution in [3.05, 3.63) is 64.3 Å². The van der Waals surface area contributed by atoms with E-state index in [1.165, 1.54) is 0 Å². The van der Waals surface area contributed by atoms with E-state index >= 15 is 0 Å². The van der Waals surface area contributed by atoms with Crippen LogP contribution in [0, 0.1) is 6.92 Å². The summed E-state index contributed by atoms with van der Waals surface area (Å²) in [5.74, 6) is 0.329. The second-order valence-electron chi connectivity index (χ2n) is 5.78. The van der Waals surface area contributed by atoms with Crippen molar-refractivity contribution in [2.24, 2.45) is 5.73 Å². The lowest BCUT2D eigenvalue weighted by Gasteiger charge is -2.11. The molecule has 6 heteroatoms. The predicted molar refractivity (Wildman–Crippen MR) is 97.9 cm³/mol. The monoisotopic (exact) mass is 358 g/mol. The van der Waals surface area contributed by atoms with E-state index in [2.05, 4.69) is 0 Å². The first-order valence-corrected chi connectivity index (χ1v) is 8.21. The van der Waals surface area contributed by atoms with Gasteiger partial charge in [-0.1, -0.05) is 23.7 Å². The third-order valence-electron chi connectivity index (χ3n) is 4.11. The van der Waals surface area contributed by atoms with E-state index in [-0.39, 0.29) is 12.3 Å². The summed E-state index contributed by atoms with van der Waals surface area (Å²) >= 11 is 5.91. The number of hydrogen-bond acceptors (Lipinski definition) is 3. The van der Waals surface area contributed by atoms with Crippen LogP contribution in [0.3, 0.4) is 0 Å². The molecule has 0 fully saturated rings. The number of fused-ring (bicyclic) bond motifs is 1. The molecule has 0 unspecified atom stereocenters. The van der Waals surface area contributed by atoms with E-state index in [4.69, 9.17) is 26.9 Å². The van der Waals surface area contributed by atoms with E-state index < -0.39 is 0 Å². The van der Waals surface area contributed by atoms with Gasteiger partial charge in [-0.2, -0.15) is 4.73 Å². The maximum atomic E-state index is 11.5. The highest BCUT2D eigenvalue weighted by Gasteiger charge is 2.17. The number of ether oxygens (including phenoxy) is 1. The lowest BCUT2D eigenvalue weighted by Crippen LogP contribution is -2.16. The number of nitrogens with two attached hydrogens (primary N) is 1. The van der Waals surface area contributed by atoms with Crippen LogP contribution in [0.2, 0.25) is 5.02 Å². The zero-order valence-electron chi connectivity index (χ0n) is 14.1. The van der Waals surface area contributed by atoms with Gasteiger partial charge in [0.2, 0.25) is 5.91 Å². The lowest BCUT2D eigenvalue weighted by atomic mass is 10.1. The molecule has 1 amide bonds. The van der Waals surface area contributed by atoms with Gasteiger partial charge >= 0.3 is 0 Å². The van der Waals surface area contributed by atoms with Crippen LogP contribution in [0.5, 0.6) is 5.75 Å². The van der Waals surface area contributed by atoms with Crippen LogP contribution in [0.15, 0.2) is 42.5 Å². The standard InChI is InChI=1S/C19H19ClN2O3/c1-12-16(10-19(21)23)17-9-15(24-2)7-8-18(17)22(12)25-11-13-3-5-14(20)6-4-13/h3-9H,10-11H2,1-2H3,(H2,21,23). The number of hydrogen-bond donors (Lipinski definition) is 1. The molecule has 0 radical (unpaired) electrons. The molecule has 5 nitrogen and oxygen atoms in total. The van der Waals surface area contributed by atoms with Crippen LogP contribution in [0.1, 0.15) is 16.8 Å². The van der Waals surface area contributed by atoms with Crippen molar-refractivity contribution in [1.82, 2.24) is 4.73 Å². The van der Waals surface area contributed by atoms with Crippen molar-refractivity contribution >= 4 is 28.4 Å². The third-order valence-corrected chi connectivity index (χ3v) is 4.37. The summed E-state index contributed by atoms with van der Waals surface area (Å²) in [6, 6.07) is 13.1. The Kier molecular flexibility index (Phi) is 4.86. The molecule has 3 aromatic rings. The number of halogens is 1. The average Bonchev–Trinajstić information content (AvgIpc) is 2.85. The highest BCUT2D eigenvalue weighted by atomic mass is 35.5. The first-order chi connectivity index (χ1) is 12.0. The number of aromatic nitrogens is 1. The van der Waals surface area contributed by atoms with E-state index in [0.29, 0.717) is 17.4 Å². The molecule has 0 saturated carbocycles. The maximum absolute atomic E-state index is 11.5. The maximum Gasteiger partial charge on any atom is 0.221 e. The van der Waals surface area contributed by atoms with Gasteiger partial charge in [-0.15, -0.1) is 0 Å². The molecule has 1 aromatic heterocycles. The Morgan fingerprint density at radius 1 is 1.20 bits per heavy atom. The molecule has 1 heterocycles. The normalized spacial score (nSPS) is 10.8. The third kappa shape index (κ3) is 3.56. The summed E-state index contributed by atoms with van der Waals surface area (Å²) in [5.41, 5.74) is 8.96. The quantitative estimate of drug-likeness (QED) is 0.735. The Morgan fingerprint density at radius 2 is 1.92 bits per heavy atom. The van der Waals surface area contributed by atoms with Crippen LogP contribution in [0.25, 0.3) is 10.9 Å². The van der Waals surface area contributed by atoms with E-state index in [0.717, 1.165) is 27.7 Å². The van der Waals surface area contributed by atoms with Gasteiger partial charge in [0, 0.05) is 10.4 Å². The number of amides is 1. The molecule has 130 valence electrons. The minimum absolute atomic E-state index is 0.146. The summed E-state index contributed by atoms with van der Waals surface area (Å²) in [6.07, 6.45) is 0.146. The summed E-state index contributed by atoms with van der Waals surface area (Å²) in [6.45, 7) is 2.29. The zero-order chi connectivity index (χ0) is 18.0. The van der Waals surface area contributed by atoms with Gasteiger partial charge in [0.1, 0.15) is 12.4 Å². The number of primary amides is 1. The molecule has 2 N–H and O–H groups in total. The van der Waals surface area contributed by atoms with Gasteiger partial charge in [0.15, 0.2) is 0 Å². The van der Waals surface area contributed by atoms with Crippen molar-refractivity contribution in [3.63, 3.8) is 0 Å².